The molecule has 5 rings (SSSR count). The first-order valence-electron chi connectivity index (χ1n) is 12.5. The molecule has 3 atom stereocenters. The highest BCUT2D eigenvalue weighted by molar-refractivity contribution is 5.99. The highest BCUT2D eigenvalue weighted by Gasteiger charge is 2.60. The average Bonchev–Trinajstić information content (AvgIpc) is 3.45. The number of hydrogen-bond donors (Lipinski definition) is 0. The number of carbonyl (C=O) groups excluding carboxylic acids is 2. The second-order valence-electron chi connectivity index (χ2n) is 10.3. The molecule has 8 heteroatoms. The van der Waals surface area contributed by atoms with E-state index in [1.807, 2.05) is 42.5 Å². The van der Waals surface area contributed by atoms with Crippen molar-refractivity contribution < 1.29 is 28.2 Å². The number of halogens is 1. The number of alkyl halides is 1. The normalized spacial score (nSPS) is 28.2. The van der Waals surface area contributed by atoms with Crippen molar-refractivity contribution in [2.24, 2.45) is 0 Å². The van der Waals surface area contributed by atoms with Gasteiger partial charge < -0.3 is 14.2 Å². The van der Waals surface area contributed by atoms with E-state index in [1.165, 1.54) is 0 Å². The average molecular weight is 497 g/mol. The van der Waals surface area contributed by atoms with Gasteiger partial charge in [-0.25, -0.2) is 14.1 Å². The van der Waals surface area contributed by atoms with Crippen molar-refractivity contribution in [2.45, 2.75) is 49.4 Å². The van der Waals surface area contributed by atoms with Crippen LogP contribution in [0.4, 0.5) is 9.18 Å². The maximum Gasteiger partial charge on any atom is 0.417 e. The van der Waals surface area contributed by atoms with Crippen molar-refractivity contribution in [1.29, 1.82) is 0 Å². The van der Waals surface area contributed by atoms with Crippen LogP contribution in [0, 0.1) is 0 Å². The van der Waals surface area contributed by atoms with Crippen molar-refractivity contribution in [3.63, 3.8) is 0 Å². The lowest BCUT2D eigenvalue weighted by atomic mass is 9.85. The predicted molar refractivity (Wildman–Crippen MR) is 132 cm³/mol. The Morgan fingerprint density at radius 1 is 1.11 bits per heavy atom. The predicted octanol–water partition coefficient (Wildman–Crippen LogP) is 3.96. The molecule has 2 aromatic carbocycles. The molecule has 3 aliphatic heterocycles. The quantitative estimate of drug-likeness (QED) is 0.603. The Morgan fingerprint density at radius 2 is 1.81 bits per heavy atom. The minimum absolute atomic E-state index is 0.0571. The van der Waals surface area contributed by atoms with E-state index in [-0.39, 0.29) is 18.7 Å². The zero-order valence-electron chi connectivity index (χ0n) is 20.8. The number of cyclic esters (lactones) is 1. The van der Waals surface area contributed by atoms with Crippen molar-refractivity contribution in [3.05, 3.63) is 65.7 Å². The monoisotopic (exact) mass is 496 g/mol. The van der Waals surface area contributed by atoms with Crippen LogP contribution >= 0.6 is 0 Å². The fourth-order valence-electron chi connectivity index (χ4n) is 5.72. The molecule has 0 aromatic heterocycles. The Labute approximate surface area is 211 Å². The molecule has 2 amide bonds. The Bertz CT molecular complexity index is 1090. The van der Waals surface area contributed by atoms with Gasteiger partial charge in [0, 0.05) is 37.8 Å². The third-order valence-electron chi connectivity index (χ3n) is 8.08. The number of nitrogens with zero attached hydrogens (tertiary/aromatic N) is 2. The van der Waals surface area contributed by atoms with Crippen LogP contribution in [0.15, 0.2) is 54.6 Å². The lowest BCUT2D eigenvalue weighted by Gasteiger charge is -2.42. The summed E-state index contributed by atoms with van der Waals surface area (Å²) in [4.78, 5) is 29.9. The summed E-state index contributed by atoms with van der Waals surface area (Å²) >= 11 is 0. The molecule has 36 heavy (non-hydrogen) atoms. The first kappa shape index (κ1) is 24.7. The third-order valence-corrected chi connectivity index (χ3v) is 8.08. The van der Waals surface area contributed by atoms with Gasteiger partial charge in [0.2, 0.25) is 5.67 Å². The summed E-state index contributed by atoms with van der Waals surface area (Å²) in [5.74, 6) is -0.891. The number of hydrogen-bond acceptors (Lipinski definition) is 6. The van der Waals surface area contributed by atoms with Crippen molar-refractivity contribution in [3.8, 4) is 5.75 Å². The van der Waals surface area contributed by atoms with Crippen LogP contribution in [0.3, 0.4) is 0 Å². The summed E-state index contributed by atoms with van der Waals surface area (Å²) in [6.45, 7) is 3.66. The fourth-order valence-corrected chi connectivity index (χ4v) is 5.72. The molecule has 0 radical (unpaired) electrons. The molecule has 3 saturated heterocycles. The summed E-state index contributed by atoms with van der Waals surface area (Å²) in [6.07, 6.45) is 1.16. The number of carbonyl (C=O) groups is 2. The van der Waals surface area contributed by atoms with Crippen LogP contribution < -0.4 is 4.74 Å². The van der Waals surface area contributed by atoms with Gasteiger partial charge in [0.05, 0.1) is 13.2 Å². The third kappa shape index (κ3) is 4.48. The first-order valence-corrected chi connectivity index (χ1v) is 12.5. The molecule has 2 aromatic rings. The number of benzene rings is 2. The molecule has 192 valence electrons. The molecular weight excluding hydrogens is 463 g/mol. The highest BCUT2D eigenvalue weighted by Crippen LogP contribution is 2.46. The number of methoxy groups -OCH3 is 1. The van der Waals surface area contributed by atoms with Crippen molar-refractivity contribution >= 4 is 12.0 Å². The van der Waals surface area contributed by atoms with Crippen LogP contribution in [0.25, 0.3) is 0 Å². The molecule has 0 N–H and O–H groups in total. The second kappa shape index (κ2) is 9.82. The zero-order chi connectivity index (χ0) is 25.3. The van der Waals surface area contributed by atoms with Gasteiger partial charge in [0.15, 0.2) is 0 Å². The molecule has 3 fully saturated rings. The molecule has 0 saturated carbocycles. The van der Waals surface area contributed by atoms with Gasteiger partial charge in [-0.1, -0.05) is 42.5 Å². The maximum absolute atomic E-state index is 17.2. The second-order valence-corrected chi connectivity index (χ2v) is 10.3. The fraction of sp³-hybridized carbons (Fsp3) is 0.500. The number of amides is 2. The van der Waals surface area contributed by atoms with E-state index < -0.39 is 29.6 Å². The topological polar surface area (TPSA) is 68.3 Å². The van der Waals surface area contributed by atoms with Crippen LogP contribution in [-0.2, 0) is 20.7 Å². The smallest absolute Gasteiger partial charge is 0.417 e. The Hall–Kier alpha value is -2.97. The van der Waals surface area contributed by atoms with E-state index in [4.69, 9.17) is 14.2 Å². The minimum Gasteiger partial charge on any atom is -0.497 e. The Balaban J connectivity index is 1.47. The van der Waals surface area contributed by atoms with Gasteiger partial charge in [-0.05, 0) is 49.4 Å². The summed E-state index contributed by atoms with van der Waals surface area (Å²) in [6, 6.07) is 16.2. The van der Waals surface area contributed by atoms with Crippen LogP contribution in [0.5, 0.6) is 5.75 Å². The van der Waals surface area contributed by atoms with E-state index in [2.05, 4.69) is 11.8 Å². The minimum atomic E-state index is -2.28. The number of imide groups is 1. The molecule has 3 heterocycles. The highest BCUT2D eigenvalue weighted by atomic mass is 19.1. The van der Waals surface area contributed by atoms with Gasteiger partial charge in [-0.15, -0.1) is 0 Å². The van der Waals surface area contributed by atoms with Gasteiger partial charge in [-0.3, -0.25) is 9.69 Å². The molecule has 0 bridgehead atoms. The molecule has 3 aliphatic rings. The van der Waals surface area contributed by atoms with E-state index in [1.54, 1.807) is 19.2 Å². The number of rotatable bonds is 6. The van der Waals surface area contributed by atoms with E-state index in [9.17, 15) is 9.59 Å². The zero-order valence-corrected chi connectivity index (χ0v) is 20.8. The lowest BCUT2D eigenvalue weighted by Crippen LogP contribution is -2.55. The Morgan fingerprint density at radius 3 is 2.47 bits per heavy atom. The molecule has 7 nitrogen and oxygen atoms in total. The van der Waals surface area contributed by atoms with Crippen LogP contribution in [-0.4, -0.2) is 79.1 Å². The lowest BCUT2D eigenvalue weighted by molar-refractivity contribution is -0.142. The molecule has 0 aliphatic carbocycles. The molecular formula is C28H33FN2O5. The SMILES string of the molecule is COc1ccc([C@@H]2CN(C3(C)CCOCC3)C[C@@]2(F)C(=O)N2C(=O)OC[C@H]2Cc2ccccc2)cc1. The van der Waals surface area contributed by atoms with Crippen molar-refractivity contribution in [2.75, 3.05) is 40.0 Å². The molecule has 0 spiro atoms. The summed E-state index contributed by atoms with van der Waals surface area (Å²) in [5, 5.41) is 0. The van der Waals surface area contributed by atoms with Crippen LogP contribution in [0.1, 0.15) is 36.8 Å². The van der Waals surface area contributed by atoms with Gasteiger partial charge in [0.1, 0.15) is 12.4 Å². The number of likely N-dealkylation sites (tertiary alicyclic amines) is 1. The standard InChI is InChI=1S/C28H33FN2O5/c1-27(12-14-35-15-13-27)30-17-24(21-8-10-23(34-2)11-9-21)28(29,19-30)25(32)31-22(18-36-26(31)33)16-20-6-4-3-5-7-20/h3-11,22,24H,12-19H2,1-2H3/t22-,24+,28+/m1/s1. The summed E-state index contributed by atoms with van der Waals surface area (Å²) in [5.41, 5.74) is -0.904. The van der Waals surface area contributed by atoms with E-state index in [0.717, 1.165) is 23.3 Å². The first-order chi connectivity index (χ1) is 17.3. The van der Waals surface area contributed by atoms with E-state index >= 15 is 4.39 Å². The maximum atomic E-state index is 17.2. The largest absolute Gasteiger partial charge is 0.497 e. The van der Waals surface area contributed by atoms with Crippen LogP contribution in [0.2, 0.25) is 0 Å². The Kier molecular flexibility index (Phi) is 6.74. The van der Waals surface area contributed by atoms with Gasteiger partial charge >= 0.3 is 6.09 Å². The van der Waals surface area contributed by atoms with E-state index in [0.29, 0.717) is 37.5 Å². The van der Waals surface area contributed by atoms with Crippen molar-refractivity contribution in [1.82, 2.24) is 9.80 Å². The van der Waals surface area contributed by atoms with Gasteiger partial charge in [-0.2, -0.15) is 0 Å². The molecule has 0 unspecified atom stereocenters. The summed E-state index contributed by atoms with van der Waals surface area (Å²) < 4.78 is 33.3. The number of ether oxygens (including phenoxy) is 3. The van der Waals surface area contributed by atoms with Gasteiger partial charge in [0.25, 0.3) is 5.91 Å². The summed E-state index contributed by atoms with van der Waals surface area (Å²) in [7, 11) is 1.58.